The fraction of sp³-hybridized carbons (Fsp3) is 0.450. The number of aliphatic hydroxyl groups is 1. The van der Waals surface area contributed by atoms with Crippen LogP contribution in [0.2, 0.25) is 0 Å². The molecule has 1 fully saturated rings. The highest BCUT2D eigenvalue weighted by Gasteiger charge is 2.36. The Morgan fingerprint density at radius 2 is 2.08 bits per heavy atom. The highest BCUT2D eigenvalue weighted by molar-refractivity contribution is 7.80. The fourth-order valence-electron chi connectivity index (χ4n) is 3.33. The molecule has 2 atom stereocenters. The molecular formula is C20H24N2O3S. The van der Waals surface area contributed by atoms with E-state index in [9.17, 15) is 9.90 Å². The highest BCUT2D eigenvalue weighted by Crippen LogP contribution is 2.23. The van der Waals surface area contributed by atoms with Crippen molar-refractivity contribution in [2.75, 3.05) is 6.54 Å². The average Bonchev–Trinajstić information content (AvgIpc) is 3.19. The molecule has 0 unspecified atom stereocenters. The second-order valence-corrected chi connectivity index (χ2v) is 7.49. The van der Waals surface area contributed by atoms with Crippen LogP contribution in [0.4, 0.5) is 0 Å². The van der Waals surface area contributed by atoms with Crippen molar-refractivity contribution in [1.29, 1.82) is 0 Å². The lowest BCUT2D eigenvalue weighted by atomic mass is 10.0. The van der Waals surface area contributed by atoms with Crippen LogP contribution in [0.25, 0.3) is 0 Å². The van der Waals surface area contributed by atoms with Gasteiger partial charge in [-0.2, -0.15) is 0 Å². The largest absolute Gasteiger partial charge is 0.391 e. The Morgan fingerprint density at radius 1 is 1.35 bits per heavy atom. The Morgan fingerprint density at radius 3 is 2.73 bits per heavy atom. The molecule has 0 amide bonds. The minimum atomic E-state index is -0.530. The number of likely N-dealkylation sites (tertiary alicyclic amines) is 1. The summed E-state index contributed by atoms with van der Waals surface area (Å²) in [7, 11) is 0. The van der Waals surface area contributed by atoms with E-state index in [1.165, 1.54) is 5.56 Å². The van der Waals surface area contributed by atoms with E-state index < -0.39 is 6.10 Å². The summed E-state index contributed by atoms with van der Waals surface area (Å²) in [6.45, 7) is 4.30. The zero-order valence-corrected chi connectivity index (χ0v) is 16.0. The van der Waals surface area contributed by atoms with E-state index >= 15 is 0 Å². The number of aromatic nitrogens is 1. The van der Waals surface area contributed by atoms with Gasteiger partial charge in [0.1, 0.15) is 5.76 Å². The van der Waals surface area contributed by atoms with Crippen LogP contribution in [0.5, 0.6) is 0 Å². The van der Waals surface area contributed by atoms with Gasteiger partial charge in [0.15, 0.2) is 5.78 Å². The van der Waals surface area contributed by atoms with Crippen LogP contribution in [0, 0.1) is 13.8 Å². The van der Waals surface area contributed by atoms with E-state index in [0.29, 0.717) is 43.0 Å². The lowest BCUT2D eigenvalue weighted by Gasteiger charge is -2.25. The summed E-state index contributed by atoms with van der Waals surface area (Å²) in [6.07, 6.45) is 1.47. The van der Waals surface area contributed by atoms with Gasteiger partial charge in [0.25, 0.3) is 0 Å². The van der Waals surface area contributed by atoms with Crippen LogP contribution in [-0.4, -0.2) is 44.6 Å². The zero-order valence-electron chi connectivity index (χ0n) is 15.1. The van der Waals surface area contributed by atoms with E-state index in [4.69, 9.17) is 16.7 Å². The van der Waals surface area contributed by atoms with Gasteiger partial charge in [0.05, 0.1) is 29.2 Å². The number of ketones is 1. The molecule has 1 aromatic heterocycles. The third-order valence-corrected chi connectivity index (χ3v) is 5.13. The number of rotatable bonds is 6. The molecule has 0 bridgehead atoms. The molecule has 0 radical (unpaired) electrons. The van der Waals surface area contributed by atoms with Gasteiger partial charge in [-0.3, -0.25) is 4.79 Å². The summed E-state index contributed by atoms with van der Waals surface area (Å²) in [5, 5.41) is 13.9. The third-order valence-electron chi connectivity index (χ3n) is 4.75. The summed E-state index contributed by atoms with van der Waals surface area (Å²) in [6, 6.07) is 9.71. The standard InChI is InChI=1S/C20H24N2O3S/c1-13-3-5-15(6-4-13)7-8-19(24)18-10-16(23)12-22(18)20(26)11-17-9-14(2)21-25-17/h3-6,9,16,18,23H,7-8,10-12H2,1-2H3/t16-,18+/m1/s1. The molecule has 0 saturated carbocycles. The smallest absolute Gasteiger partial charge is 0.155 e. The third kappa shape index (κ3) is 4.56. The molecule has 1 N–H and O–H groups in total. The molecule has 0 spiro atoms. The lowest BCUT2D eigenvalue weighted by molar-refractivity contribution is -0.122. The van der Waals surface area contributed by atoms with Crippen molar-refractivity contribution < 1.29 is 14.4 Å². The van der Waals surface area contributed by atoms with Crippen LogP contribution < -0.4 is 0 Å². The van der Waals surface area contributed by atoms with Gasteiger partial charge >= 0.3 is 0 Å². The van der Waals surface area contributed by atoms with Gasteiger partial charge in [-0.1, -0.05) is 47.2 Å². The summed E-state index contributed by atoms with van der Waals surface area (Å²) in [5.74, 6) is 0.804. The van der Waals surface area contributed by atoms with Crippen molar-refractivity contribution in [2.45, 2.75) is 51.7 Å². The molecule has 1 saturated heterocycles. The van der Waals surface area contributed by atoms with Crippen molar-refractivity contribution in [1.82, 2.24) is 10.1 Å². The Labute approximate surface area is 159 Å². The molecule has 5 nitrogen and oxygen atoms in total. The van der Waals surface area contributed by atoms with Gasteiger partial charge in [-0.15, -0.1) is 0 Å². The molecule has 6 heteroatoms. The number of aliphatic hydroxyl groups excluding tert-OH is 1. The Kier molecular flexibility index (Phi) is 5.84. The van der Waals surface area contributed by atoms with Crippen molar-refractivity contribution in [3.63, 3.8) is 0 Å². The van der Waals surface area contributed by atoms with Crippen molar-refractivity contribution in [2.24, 2.45) is 0 Å². The maximum absolute atomic E-state index is 12.8. The number of carbonyl (C=O) groups excluding carboxylic acids is 1. The number of carbonyl (C=O) groups is 1. The monoisotopic (exact) mass is 372 g/mol. The zero-order chi connectivity index (χ0) is 18.7. The second-order valence-electron chi connectivity index (χ2n) is 7.01. The van der Waals surface area contributed by atoms with Gasteiger partial charge in [-0.05, 0) is 25.8 Å². The van der Waals surface area contributed by atoms with Crippen molar-refractivity contribution in [3.8, 4) is 0 Å². The number of hydrogen-bond acceptors (Lipinski definition) is 5. The van der Waals surface area contributed by atoms with Crippen LogP contribution >= 0.6 is 12.2 Å². The topological polar surface area (TPSA) is 66.6 Å². The van der Waals surface area contributed by atoms with Crippen molar-refractivity contribution >= 4 is 23.0 Å². The average molecular weight is 372 g/mol. The molecule has 1 aliphatic heterocycles. The fourth-order valence-corrected chi connectivity index (χ4v) is 3.68. The summed E-state index contributed by atoms with van der Waals surface area (Å²) < 4.78 is 5.22. The number of benzene rings is 1. The summed E-state index contributed by atoms with van der Waals surface area (Å²) in [4.78, 5) is 15.2. The Bertz CT molecular complexity index is 785. The molecule has 138 valence electrons. The van der Waals surface area contributed by atoms with E-state index in [0.717, 1.165) is 11.3 Å². The highest BCUT2D eigenvalue weighted by atomic mass is 32.1. The molecule has 2 aromatic rings. The normalized spacial score (nSPS) is 19.7. The van der Waals surface area contributed by atoms with E-state index in [1.54, 1.807) is 0 Å². The van der Waals surface area contributed by atoms with Gasteiger partial charge < -0.3 is 14.5 Å². The minimum absolute atomic E-state index is 0.123. The predicted molar refractivity (Wildman–Crippen MR) is 103 cm³/mol. The van der Waals surface area contributed by atoms with E-state index in [-0.39, 0.29) is 11.8 Å². The number of Topliss-reactive ketones (excluding diaryl/α,β-unsaturated/α-hetero) is 1. The number of nitrogens with zero attached hydrogens (tertiary/aromatic N) is 2. The first-order valence-corrected chi connectivity index (χ1v) is 9.31. The number of aryl methyl sites for hydroxylation is 3. The SMILES string of the molecule is Cc1ccc(CCC(=O)[C@@H]2C[C@@H](O)CN2C(=S)Cc2cc(C)no2)cc1. The van der Waals surface area contributed by atoms with Crippen LogP contribution in [0.3, 0.4) is 0 Å². The number of hydrogen-bond donors (Lipinski definition) is 1. The lowest BCUT2D eigenvalue weighted by Crippen LogP contribution is -2.40. The second kappa shape index (κ2) is 8.10. The number of thiocarbonyl (C=S) groups is 1. The first kappa shape index (κ1) is 18.7. The first-order valence-electron chi connectivity index (χ1n) is 8.90. The van der Waals surface area contributed by atoms with Crippen molar-refractivity contribution in [3.05, 3.63) is 52.9 Å². The molecule has 2 heterocycles. The van der Waals surface area contributed by atoms with E-state index in [2.05, 4.69) is 29.4 Å². The van der Waals surface area contributed by atoms with E-state index in [1.807, 2.05) is 24.8 Å². The van der Waals surface area contributed by atoms with Gasteiger partial charge in [0, 0.05) is 25.5 Å². The molecule has 1 aromatic carbocycles. The molecule has 26 heavy (non-hydrogen) atoms. The van der Waals surface area contributed by atoms with Gasteiger partial charge in [-0.25, -0.2) is 0 Å². The van der Waals surface area contributed by atoms with Crippen LogP contribution in [0.1, 0.15) is 35.4 Å². The molecule has 3 rings (SSSR count). The molecule has 1 aliphatic rings. The summed E-state index contributed by atoms with van der Waals surface area (Å²) in [5.41, 5.74) is 3.15. The minimum Gasteiger partial charge on any atom is -0.391 e. The first-order chi connectivity index (χ1) is 12.4. The number of β-amino-alcohol motifs (C(OH)–C–C–N with tert-alkyl or cyclic N) is 1. The maximum atomic E-state index is 12.8. The summed E-state index contributed by atoms with van der Waals surface area (Å²) >= 11 is 5.52. The quantitative estimate of drug-likeness (QED) is 0.787. The molecular weight excluding hydrogens is 348 g/mol. The molecule has 0 aliphatic carbocycles. The predicted octanol–water partition coefficient (Wildman–Crippen LogP) is 2.80. The van der Waals surface area contributed by atoms with Crippen LogP contribution in [0.15, 0.2) is 34.9 Å². The Hall–Kier alpha value is -2.05. The van der Waals surface area contributed by atoms with Crippen LogP contribution in [-0.2, 0) is 17.6 Å². The van der Waals surface area contributed by atoms with Gasteiger partial charge in [0.2, 0.25) is 0 Å². The Balaban J connectivity index is 1.61. The maximum Gasteiger partial charge on any atom is 0.155 e.